The van der Waals surface area contributed by atoms with E-state index in [0.29, 0.717) is 38.1 Å². The molecule has 1 saturated heterocycles. The molecule has 1 fully saturated rings. The molecule has 0 aromatic rings. The van der Waals surface area contributed by atoms with E-state index >= 15 is 0 Å². The molecule has 1 rings (SSSR count). The number of carboxylic acids is 2. The summed E-state index contributed by atoms with van der Waals surface area (Å²) >= 11 is 0. The molecular formula is C26H47N3O6. The van der Waals surface area contributed by atoms with Gasteiger partial charge in [0.15, 0.2) is 0 Å². The third kappa shape index (κ3) is 19.6. The molecule has 9 heteroatoms. The predicted octanol–water partition coefficient (Wildman–Crippen LogP) is 3.86. The number of carbonyl (C=O) groups excluding carboxylic acids is 2. The van der Waals surface area contributed by atoms with Gasteiger partial charge < -0.3 is 26.2 Å². The molecule has 5 N–H and O–H groups in total. The summed E-state index contributed by atoms with van der Waals surface area (Å²) in [5.41, 5.74) is 5.41. The van der Waals surface area contributed by atoms with Crippen molar-refractivity contribution in [3.05, 3.63) is 12.2 Å². The largest absolute Gasteiger partial charge is 0.478 e. The number of piperidine rings is 1. The van der Waals surface area contributed by atoms with Gasteiger partial charge in [0.05, 0.1) is 0 Å². The first-order chi connectivity index (χ1) is 16.8. The summed E-state index contributed by atoms with van der Waals surface area (Å²) < 4.78 is 0. The SMILES string of the molecule is CCCCCCCCCCCCC(=O)N1CCCCC1CNC(=O)CCN.O=C(O)C=CC(=O)O. The van der Waals surface area contributed by atoms with Crippen molar-refractivity contribution >= 4 is 23.8 Å². The molecule has 1 atom stereocenters. The van der Waals surface area contributed by atoms with Crippen molar-refractivity contribution in [1.29, 1.82) is 0 Å². The lowest BCUT2D eigenvalue weighted by molar-refractivity contribution is -0.135. The highest BCUT2D eigenvalue weighted by atomic mass is 16.4. The highest BCUT2D eigenvalue weighted by Gasteiger charge is 2.26. The molecule has 1 heterocycles. The first-order valence-electron chi connectivity index (χ1n) is 13.2. The topological polar surface area (TPSA) is 150 Å². The number of carbonyl (C=O) groups is 4. The number of rotatable bonds is 17. The van der Waals surface area contributed by atoms with Crippen LogP contribution < -0.4 is 11.1 Å². The summed E-state index contributed by atoms with van der Waals surface area (Å²) in [6.45, 7) is 4.04. The number of amides is 2. The molecule has 1 aliphatic heterocycles. The zero-order valence-electron chi connectivity index (χ0n) is 21.5. The van der Waals surface area contributed by atoms with Crippen LogP contribution in [0.15, 0.2) is 12.2 Å². The molecule has 202 valence electrons. The van der Waals surface area contributed by atoms with Crippen LogP contribution in [-0.2, 0) is 19.2 Å². The molecule has 0 saturated carbocycles. The molecule has 1 aliphatic rings. The number of hydrogen-bond donors (Lipinski definition) is 4. The van der Waals surface area contributed by atoms with E-state index in [0.717, 1.165) is 38.6 Å². The van der Waals surface area contributed by atoms with Crippen LogP contribution in [-0.4, -0.2) is 64.5 Å². The van der Waals surface area contributed by atoms with Crippen molar-refractivity contribution in [3.63, 3.8) is 0 Å². The van der Waals surface area contributed by atoms with Crippen LogP contribution in [0, 0.1) is 0 Å². The van der Waals surface area contributed by atoms with Gasteiger partial charge in [-0.3, -0.25) is 9.59 Å². The summed E-state index contributed by atoms with van der Waals surface area (Å²) in [7, 11) is 0. The van der Waals surface area contributed by atoms with Crippen molar-refractivity contribution < 1.29 is 29.4 Å². The maximum Gasteiger partial charge on any atom is 0.328 e. The molecular weight excluding hydrogens is 450 g/mol. The minimum Gasteiger partial charge on any atom is -0.478 e. The maximum atomic E-state index is 12.6. The minimum atomic E-state index is -1.26. The van der Waals surface area contributed by atoms with Gasteiger partial charge in [0.1, 0.15) is 0 Å². The van der Waals surface area contributed by atoms with E-state index in [1.807, 2.05) is 4.90 Å². The molecule has 0 aromatic heterocycles. The van der Waals surface area contributed by atoms with Crippen molar-refractivity contribution in [1.82, 2.24) is 10.2 Å². The predicted molar refractivity (Wildman–Crippen MR) is 137 cm³/mol. The lowest BCUT2D eigenvalue weighted by atomic mass is 10.0. The van der Waals surface area contributed by atoms with Gasteiger partial charge in [0, 0.05) is 50.7 Å². The van der Waals surface area contributed by atoms with Gasteiger partial charge in [-0.25, -0.2) is 9.59 Å². The van der Waals surface area contributed by atoms with Crippen molar-refractivity contribution in [2.24, 2.45) is 5.73 Å². The van der Waals surface area contributed by atoms with Gasteiger partial charge in [-0.15, -0.1) is 0 Å². The number of aliphatic carboxylic acids is 2. The smallest absolute Gasteiger partial charge is 0.328 e. The Morgan fingerprint density at radius 2 is 1.40 bits per heavy atom. The van der Waals surface area contributed by atoms with Crippen LogP contribution in [0.2, 0.25) is 0 Å². The van der Waals surface area contributed by atoms with Crippen LogP contribution >= 0.6 is 0 Å². The molecule has 2 amide bonds. The lowest BCUT2D eigenvalue weighted by Gasteiger charge is -2.36. The number of hydrogen-bond acceptors (Lipinski definition) is 5. The summed E-state index contributed by atoms with van der Waals surface area (Å²) in [6, 6.07) is 0.163. The number of likely N-dealkylation sites (tertiary alicyclic amines) is 1. The van der Waals surface area contributed by atoms with E-state index in [-0.39, 0.29) is 17.9 Å². The minimum absolute atomic E-state index is 0.00911. The van der Waals surface area contributed by atoms with Gasteiger partial charge in [0.25, 0.3) is 0 Å². The van der Waals surface area contributed by atoms with Crippen LogP contribution in [0.5, 0.6) is 0 Å². The Morgan fingerprint density at radius 3 is 1.91 bits per heavy atom. The summed E-state index contributed by atoms with van der Waals surface area (Å²) in [6.07, 6.45) is 18.2. The number of nitrogens with one attached hydrogen (secondary N) is 1. The lowest BCUT2D eigenvalue weighted by Crippen LogP contribution is -2.49. The second-order valence-corrected chi connectivity index (χ2v) is 9.02. The molecule has 0 aromatic carbocycles. The van der Waals surface area contributed by atoms with E-state index in [1.165, 1.54) is 51.4 Å². The Balaban J connectivity index is 0.00000124. The van der Waals surface area contributed by atoms with E-state index in [2.05, 4.69) is 12.2 Å². The third-order valence-corrected chi connectivity index (χ3v) is 5.97. The van der Waals surface area contributed by atoms with Crippen molar-refractivity contribution in [2.45, 2.75) is 109 Å². The van der Waals surface area contributed by atoms with Crippen LogP contribution in [0.4, 0.5) is 0 Å². The van der Waals surface area contributed by atoms with E-state index in [4.69, 9.17) is 15.9 Å². The Morgan fingerprint density at radius 1 is 0.857 bits per heavy atom. The monoisotopic (exact) mass is 497 g/mol. The molecule has 1 unspecified atom stereocenters. The second-order valence-electron chi connectivity index (χ2n) is 9.02. The van der Waals surface area contributed by atoms with E-state index in [9.17, 15) is 19.2 Å². The van der Waals surface area contributed by atoms with Crippen molar-refractivity contribution in [3.8, 4) is 0 Å². The van der Waals surface area contributed by atoms with Gasteiger partial charge >= 0.3 is 11.9 Å². The number of unbranched alkanes of at least 4 members (excludes halogenated alkanes) is 9. The van der Waals surface area contributed by atoms with E-state index < -0.39 is 11.9 Å². The fourth-order valence-electron chi connectivity index (χ4n) is 4.04. The third-order valence-electron chi connectivity index (χ3n) is 5.97. The Kier molecular flexibility index (Phi) is 20.5. The quantitative estimate of drug-likeness (QED) is 0.176. The first-order valence-corrected chi connectivity index (χ1v) is 13.2. The van der Waals surface area contributed by atoms with Gasteiger partial charge in [-0.1, -0.05) is 64.7 Å². The van der Waals surface area contributed by atoms with Gasteiger partial charge in [-0.05, 0) is 25.7 Å². The zero-order valence-corrected chi connectivity index (χ0v) is 21.5. The van der Waals surface area contributed by atoms with Gasteiger partial charge in [0.2, 0.25) is 11.8 Å². The first kappa shape index (κ1) is 32.6. The zero-order chi connectivity index (χ0) is 26.3. The van der Waals surface area contributed by atoms with Gasteiger partial charge in [-0.2, -0.15) is 0 Å². The van der Waals surface area contributed by atoms with Crippen LogP contribution in [0.3, 0.4) is 0 Å². The number of nitrogens with zero attached hydrogens (tertiary/aromatic N) is 1. The summed E-state index contributed by atoms with van der Waals surface area (Å²) in [5, 5.41) is 18.6. The second kappa shape index (κ2) is 22.1. The van der Waals surface area contributed by atoms with Crippen LogP contribution in [0.1, 0.15) is 103 Å². The number of nitrogens with two attached hydrogens (primary N) is 1. The Bertz CT molecular complexity index is 623. The Labute approximate surface area is 210 Å². The fourth-order valence-corrected chi connectivity index (χ4v) is 4.04. The van der Waals surface area contributed by atoms with Crippen molar-refractivity contribution in [2.75, 3.05) is 19.6 Å². The maximum absolute atomic E-state index is 12.6. The molecule has 0 aliphatic carbocycles. The molecule has 0 radical (unpaired) electrons. The normalized spacial score (nSPS) is 15.4. The fraction of sp³-hybridized carbons (Fsp3) is 0.769. The average molecular weight is 498 g/mol. The molecule has 0 spiro atoms. The Hall–Kier alpha value is -2.42. The summed E-state index contributed by atoms with van der Waals surface area (Å²) in [5.74, 6) is -2.25. The molecule has 9 nitrogen and oxygen atoms in total. The molecule has 35 heavy (non-hydrogen) atoms. The number of carboxylic acid groups (broad SMARTS) is 2. The van der Waals surface area contributed by atoms with Crippen LogP contribution in [0.25, 0.3) is 0 Å². The highest BCUT2D eigenvalue weighted by molar-refractivity contribution is 5.89. The summed E-state index contributed by atoms with van der Waals surface area (Å²) in [4.78, 5) is 45.4. The van der Waals surface area contributed by atoms with E-state index in [1.54, 1.807) is 0 Å². The standard InChI is InChI=1S/C22H43N3O2.C4H4O4/c1-2-3-4-5-6-7-8-9-10-11-15-22(27)25-18-13-12-14-20(25)19-24-21(26)16-17-23;5-3(6)1-2-4(7)8/h20H,2-19,23H2,1H3,(H,24,26);1-2H,(H,5,6)(H,7,8). The molecule has 0 bridgehead atoms. The average Bonchev–Trinajstić information content (AvgIpc) is 2.83. The highest BCUT2D eigenvalue weighted by Crippen LogP contribution is 2.19.